The van der Waals surface area contributed by atoms with Crippen LogP contribution in [0.1, 0.15) is 19.3 Å². The maximum absolute atomic E-state index is 14.1. The molecule has 1 N–H and O–H groups in total. The van der Waals surface area contributed by atoms with Crippen molar-refractivity contribution in [3.8, 4) is 0 Å². The fourth-order valence-electron chi connectivity index (χ4n) is 2.97. The third-order valence-corrected chi connectivity index (χ3v) is 5.46. The summed E-state index contributed by atoms with van der Waals surface area (Å²) in [4.78, 5) is 11.7. The van der Waals surface area contributed by atoms with Gasteiger partial charge < -0.3 is 4.74 Å². The van der Waals surface area contributed by atoms with Gasteiger partial charge in [-0.25, -0.2) is 4.39 Å². The number of fused-ring (bicyclic) bond motifs is 2. The molecule has 2 rings (SSSR count). The van der Waals surface area contributed by atoms with Crippen molar-refractivity contribution in [2.45, 2.75) is 42.5 Å². The minimum absolute atomic E-state index is 0.324. The van der Waals surface area contributed by atoms with Crippen molar-refractivity contribution in [2.75, 3.05) is 6.61 Å². The zero-order chi connectivity index (χ0) is 17.8. The van der Waals surface area contributed by atoms with E-state index in [0.717, 1.165) is 0 Å². The summed E-state index contributed by atoms with van der Waals surface area (Å²) in [5.74, 6) is -7.95. The highest BCUT2D eigenvalue weighted by Gasteiger charge is 2.77. The molecule has 0 heterocycles. The van der Waals surface area contributed by atoms with Crippen molar-refractivity contribution < 1.29 is 48.8 Å². The van der Waals surface area contributed by atoms with E-state index in [2.05, 4.69) is 4.74 Å². The molecule has 2 aliphatic carbocycles. The maximum atomic E-state index is 14.1. The van der Waals surface area contributed by atoms with Gasteiger partial charge in [0, 0.05) is 5.92 Å². The van der Waals surface area contributed by atoms with Gasteiger partial charge in [0.2, 0.25) is 0 Å². The van der Waals surface area contributed by atoms with Gasteiger partial charge in [0.05, 0.1) is 0 Å². The van der Waals surface area contributed by atoms with E-state index in [1.165, 1.54) is 0 Å². The summed E-state index contributed by atoms with van der Waals surface area (Å²) in [6, 6.07) is 0. The average Bonchev–Trinajstić information content (AvgIpc) is 2.94. The van der Waals surface area contributed by atoms with Crippen LogP contribution in [0.25, 0.3) is 0 Å². The first kappa shape index (κ1) is 18.5. The fourth-order valence-corrected chi connectivity index (χ4v) is 3.63. The quantitative estimate of drug-likeness (QED) is 0.592. The molecular weight excluding hydrogens is 358 g/mol. The topological polar surface area (TPSA) is 80.7 Å². The Bertz CT molecular complexity index is 603. The number of rotatable bonds is 5. The highest BCUT2D eigenvalue weighted by Crippen LogP contribution is 2.49. The first-order valence-corrected chi connectivity index (χ1v) is 7.92. The van der Waals surface area contributed by atoms with E-state index in [4.69, 9.17) is 4.55 Å². The molecule has 5 nitrogen and oxygen atoms in total. The highest BCUT2D eigenvalue weighted by molar-refractivity contribution is 7.87. The van der Waals surface area contributed by atoms with Crippen LogP contribution in [0.2, 0.25) is 0 Å². The molecule has 0 aromatic carbocycles. The van der Waals surface area contributed by atoms with Crippen LogP contribution in [0.5, 0.6) is 0 Å². The van der Waals surface area contributed by atoms with Crippen LogP contribution in [0.3, 0.4) is 0 Å². The number of carbonyl (C=O) groups is 1. The van der Waals surface area contributed by atoms with Gasteiger partial charge in [-0.2, -0.15) is 30.4 Å². The number of hydrogen-bond acceptors (Lipinski definition) is 4. The smallest absolute Gasteiger partial charge is 0.365 e. The lowest BCUT2D eigenvalue weighted by Gasteiger charge is -2.33. The molecule has 0 saturated heterocycles. The molecule has 4 unspecified atom stereocenters. The summed E-state index contributed by atoms with van der Waals surface area (Å²) in [5, 5.41) is -5.44. The van der Waals surface area contributed by atoms with E-state index < -0.39 is 57.5 Å². The lowest BCUT2D eigenvalue weighted by Crippen LogP contribution is -2.61. The second kappa shape index (κ2) is 5.31. The van der Waals surface area contributed by atoms with Gasteiger partial charge in [-0.15, -0.1) is 0 Å². The summed E-state index contributed by atoms with van der Waals surface area (Å²) >= 11 is 0. The van der Waals surface area contributed by atoms with Crippen LogP contribution in [-0.2, 0) is 19.6 Å². The Labute approximate surface area is 126 Å². The van der Waals surface area contributed by atoms with Gasteiger partial charge in [0.1, 0.15) is 12.7 Å². The number of carbonyl (C=O) groups excluding carboxylic acids is 1. The predicted molar refractivity (Wildman–Crippen MR) is 62.0 cm³/mol. The summed E-state index contributed by atoms with van der Waals surface area (Å²) in [6.45, 7) is -2.31. The third-order valence-electron chi connectivity index (χ3n) is 4.27. The summed E-state index contributed by atoms with van der Waals surface area (Å²) < 4.78 is 112. The maximum Gasteiger partial charge on any atom is 0.458 e. The molecule has 0 radical (unpaired) electrons. The first-order chi connectivity index (χ1) is 10.2. The van der Waals surface area contributed by atoms with Crippen molar-refractivity contribution in [1.82, 2.24) is 0 Å². The average molecular weight is 370 g/mol. The van der Waals surface area contributed by atoms with Gasteiger partial charge >= 0.3 is 27.2 Å². The number of ether oxygens (including phenoxy) is 1. The molecule has 2 bridgehead atoms. The molecular formula is C11H12F6O5S. The van der Waals surface area contributed by atoms with E-state index in [-0.39, 0.29) is 0 Å². The van der Waals surface area contributed by atoms with E-state index in [1.54, 1.807) is 0 Å². The van der Waals surface area contributed by atoms with Crippen molar-refractivity contribution in [2.24, 2.45) is 11.8 Å². The lowest BCUT2D eigenvalue weighted by atomic mass is 9.96. The normalized spacial score (nSPS) is 31.4. The Kier molecular flexibility index (Phi) is 4.26. The van der Waals surface area contributed by atoms with Crippen LogP contribution in [0.15, 0.2) is 0 Å². The zero-order valence-corrected chi connectivity index (χ0v) is 12.1. The highest BCUT2D eigenvalue weighted by atomic mass is 32.2. The van der Waals surface area contributed by atoms with Crippen molar-refractivity contribution in [3.05, 3.63) is 0 Å². The molecule has 0 aliphatic heterocycles. The molecule has 0 spiro atoms. The number of Topliss-reactive ketones (excluding diaryl/α,β-unsaturated/α-hetero) is 1. The summed E-state index contributed by atoms with van der Waals surface area (Å²) in [6.07, 6.45) is -6.78. The number of ketones is 1. The Hall–Kier alpha value is -0.880. The Balaban J connectivity index is 2.26. The predicted octanol–water partition coefficient (Wildman–Crippen LogP) is 2.12. The number of halogens is 6. The minimum atomic E-state index is -6.58. The number of alkyl halides is 6. The Morgan fingerprint density at radius 1 is 1.13 bits per heavy atom. The molecule has 2 saturated carbocycles. The molecule has 0 aromatic rings. The molecule has 4 atom stereocenters. The second-order valence-electron chi connectivity index (χ2n) is 5.68. The first-order valence-electron chi connectivity index (χ1n) is 6.48. The molecule has 12 heteroatoms. The summed E-state index contributed by atoms with van der Waals surface area (Å²) in [7, 11) is -6.50. The van der Waals surface area contributed by atoms with E-state index in [1.807, 2.05) is 0 Å². The van der Waals surface area contributed by atoms with E-state index in [9.17, 15) is 39.6 Å². The zero-order valence-electron chi connectivity index (χ0n) is 11.3. The SMILES string of the molecule is O=C1C2CCC(C2)C1OCC(F)(C(F)(F)C(F)(F)F)S(=O)(=O)O. The van der Waals surface area contributed by atoms with E-state index in [0.29, 0.717) is 19.3 Å². The molecule has 0 amide bonds. The summed E-state index contributed by atoms with van der Waals surface area (Å²) in [5.41, 5.74) is 0. The van der Waals surface area contributed by atoms with E-state index >= 15 is 0 Å². The monoisotopic (exact) mass is 370 g/mol. The van der Waals surface area contributed by atoms with Crippen LogP contribution in [-0.4, -0.2) is 48.6 Å². The lowest BCUT2D eigenvalue weighted by molar-refractivity contribution is -0.318. The van der Waals surface area contributed by atoms with Crippen LogP contribution in [0, 0.1) is 11.8 Å². The van der Waals surface area contributed by atoms with Gasteiger partial charge in [0.15, 0.2) is 5.78 Å². The molecule has 2 fully saturated rings. The second-order valence-corrected chi connectivity index (χ2v) is 7.28. The number of hydrogen-bond donors (Lipinski definition) is 1. The molecule has 2 aliphatic rings. The van der Waals surface area contributed by atoms with Crippen LogP contribution >= 0.6 is 0 Å². The molecule has 134 valence electrons. The third kappa shape index (κ3) is 2.74. The molecule has 0 aromatic heterocycles. The fraction of sp³-hybridized carbons (Fsp3) is 0.909. The van der Waals surface area contributed by atoms with Gasteiger partial charge in [-0.3, -0.25) is 9.35 Å². The van der Waals surface area contributed by atoms with Crippen molar-refractivity contribution in [1.29, 1.82) is 0 Å². The van der Waals surface area contributed by atoms with Crippen LogP contribution in [0.4, 0.5) is 26.3 Å². The Morgan fingerprint density at radius 3 is 2.09 bits per heavy atom. The van der Waals surface area contributed by atoms with Crippen molar-refractivity contribution >= 4 is 15.9 Å². The standard InChI is InChI=1S/C11H12F6O5S/c12-9(23(19,20)21,10(13,14)11(15,16)17)4-22-8-6-2-1-5(3-6)7(8)18/h5-6,8H,1-4H2,(H,19,20,21). The molecule has 23 heavy (non-hydrogen) atoms. The van der Waals surface area contributed by atoms with Crippen molar-refractivity contribution in [3.63, 3.8) is 0 Å². The van der Waals surface area contributed by atoms with Crippen LogP contribution < -0.4 is 0 Å². The minimum Gasteiger partial charge on any atom is -0.365 e. The van der Waals surface area contributed by atoms with Gasteiger partial charge in [-0.05, 0) is 25.2 Å². The van der Waals surface area contributed by atoms with Gasteiger partial charge in [-0.1, -0.05) is 0 Å². The van der Waals surface area contributed by atoms with Gasteiger partial charge in [0.25, 0.3) is 0 Å². The largest absolute Gasteiger partial charge is 0.458 e. The Morgan fingerprint density at radius 2 is 1.70 bits per heavy atom.